The van der Waals surface area contributed by atoms with Crippen LogP contribution in [0.4, 0.5) is 13.2 Å². The first kappa shape index (κ1) is 8.53. The molecule has 6 heteroatoms. The summed E-state index contributed by atoms with van der Waals surface area (Å²) in [5.41, 5.74) is -1.24. The van der Waals surface area contributed by atoms with Crippen molar-refractivity contribution in [3.8, 4) is 0 Å². The van der Waals surface area contributed by atoms with E-state index in [1.807, 2.05) is 9.24 Å². The zero-order valence-electron chi connectivity index (χ0n) is 5.57. The zero-order chi connectivity index (χ0) is 8.65. The van der Waals surface area contributed by atoms with Crippen molar-refractivity contribution < 1.29 is 17.6 Å². The Labute approximate surface area is 63.0 Å². The molecule has 1 unspecified atom stereocenters. The molecule has 0 bridgehead atoms. The molecule has 0 aliphatic carbocycles. The van der Waals surface area contributed by atoms with Gasteiger partial charge in [0.15, 0.2) is 17.1 Å². The van der Waals surface area contributed by atoms with E-state index in [0.29, 0.717) is 0 Å². The Balaban J connectivity index is 3.13. The van der Waals surface area contributed by atoms with Crippen LogP contribution in [0.3, 0.4) is 0 Å². The van der Waals surface area contributed by atoms with Gasteiger partial charge in [0.05, 0.1) is 0 Å². The highest BCUT2D eigenvalue weighted by molar-refractivity contribution is 7.26. The second kappa shape index (κ2) is 2.48. The number of halogens is 3. The molecule has 0 saturated heterocycles. The largest absolute Gasteiger partial charge is 0.441 e. The molecule has 0 aliphatic rings. The quantitative estimate of drug-likeness (QED) is 0.569. The van der Waals surface area contributed by atoms with Crippen LogP contribution in [0.15, 0.2) is 4.42 Å². The molecule has 1 heterocycles. The summed E-state index contributed by atoms with van der Waals surface area (Å²) in [4.78, 5) is 3.17. The van der Waals surface area contributed by atoms with Gasteiger partial charge in [-0.05, 0) is 0 Å². The lowest BCUT2D eigenvalue weighted by Gasteiger charge is -2.00. The molecule has 1 rings (SSSR count). The Morgan fingerprint density at radius 3 is 2.18 bits per heavy atom. The number of hydrogen-bond acceptors (Lipinski definition) is 2. The number of aromatic nitrogens is 1. The van der Waals surface area contributed by atoms with Crippen molar-refractivity contribution in [1.29, 1.82) is 0 Å². The number of nitrogens with zero attached hydrogens (tertiary/aromatic N) is 1. The van der Waals surface area contributed by atoms with Crippen LogP contribution >= 0.6 is 9.24 Å². The standard InChI is InChI=1S/C5H5F3NOP/c1-2-9-3(4(11)10-2)5(6,7)8/h11H2,1H3. The first-order valence-electron chi connectivity index (χ1n) is 2.71. The van der Waals surface area contributed by atoms with Gasteiger partial charge in [0.1, 0.15) is 0 Å². The van der Waals surface area contributed by atoms with Gasteiger partial charge in [0, 0.05) is 6.92 Å². The predicted molar refractivity (Wildman–Crippen MR) is 35.6 cm³/mol. The summed E-state index contributed by atoms with van der Waals surface area (Å²) < 4.78 is 40.4. The number of aryl methyl sites for hydroxylation is 1. The second-order valence-corrected chi connectivity index (χ2v) is 2.47. The van der Waals surface area contributed by atoms with E-state index in [0.717, 1.165) is 0 Å². The third kappa shape index (κ3) is 1.71. The number of alkyl halides is 3. The Morgan fingerprint density at radius 1 is 1.45 bits per heavy atom. The Kier molecular flexibility index (Phi) is 1.92. The van der Waals surface area contributed by atoms with E-state index < -0.39 is 11.9 Å². The van der Waals surface area contributed by atoms with Gasteiger partial charge in [-0.3, -0.25) is 0 Å². The average molecular weight is 183 g/mol. The van der Waals surface area contributed by atoms with Gasteiger partial charge in [-0.15, -0.1) is 0 Å². The zero-order valence-corrected chi connectivity index (χ0v) is 6.72. The summed E-state index contributed by atoms with van der Waals surface area (Å²) in [5.74, 6) is 0.0160. The van der Waals surface area contributed by atoms with Crippen LogP contribution in [0.5, 0.6) is 0 Å². The van der Waals surface area contributed by atoms with E-state index in [4.69, 9.17) is 0 Å². The summed E-state index contributed by atoms with van der Waals surface area (Å²) in [6.45, 7) is 1.36. The van der Waals surface area contributed by atoms with E-state index in [1.54, 1.807) is 0 Å². The molecule has 0 radical (unpaired) electrons. The maximum atomic E-state index is 11.9. The number of rotatable bonds is 0. The van der Waals surface area contributed by atoms with Gasteiger partial charge in [-0.25, -0.2) is 4.98 Å². The molecule has 1 aromatic rings. The predicted octanol–water partition coefficient (Wildman–Crippen LogP) is 1.50. The first-order valence-corrected chi connectivity index (χ1v) is 3.29. The SMILES string of the molecule is Cc1nc(C(F)(F)F)c(P)o1. The minimum Gasteiger partial charge on any atom is -0.441 e. The van der Waals surface area contributed by atoms with Crippen molar-refractivity contribution in [2.45, 2.75) is 13.1 Å². The Hall–Kier alpha value is -0.570. The summed E-state index contributed by atoms with van der Waals surface area (Å²) in [7, 11) is 1.85. The third-order valence-corrected chi connectivity index (χ3v) is 1.42. The lowest BCUT2D eigenvalue weighted by atomic mass is 10.5. The van der Waals surface area contributed by atoms with Crippen LogP contribution in [0, 0.1) is 6.92 Å². The van der Waals surface area contributed by atoms with Crippen molar-refractivity contribution in [2.24, 2.45) is 0 Å². The molecule has 0 aliphatic heterocycles. The van der Waals surface area contributed by atoms with Crippen molar-refractivity contribution in [3.63, 3.8) is 0 Å². The number of hydrogen-bond donors (Lipinski definition) is 0. The second-order valence-electron chi connectivity index (χ2n) is 1.94. The molecule has 0 fully saturated rings. The molecule has 0 aromatic carbocycles. The molecule has 62 valence electrons. The summed E-state index contributed by atoms with van der Waals surface area (Å²) in [6, 6.07) is 0. The fourth-order valence-electron chi connectivity index (χ4n) is 0.646. The monoisotopic (exact) mass is 183 g/mol. The molecule has 0 N–H and O–H groups in total. The molecular formula is C5H5F3NOP. The highest BCUT2D eigenvalue weighted by Crippen LogP contribution is 2.27. The van der Waals surface area contributed by atoms with Gasteiger partial charge >= 0.3 is 6.18 Å². The number of oxazole rings is 1. The van der Waals surface area contributed by atoms with Crippen molar-refractivity contribution in [1.82, 2.24) is 4.98 Å². The summed E-state index contributed by atoms with van der Waals surface area (Å²) in [6.07, 6.45) is -4.42. The van der Waals surface area contributed by atoms with Gasteiger partial charge in [0.2, 0.25) is 0 Å². The van der Waals surface area contributed by atoms with Crippen LogP contribution in [0.2, 0.25) is 0 Å². The molecular weight excluding hydrogens is 178 g/mol. The van der Waals surface area contributed by atoms with Crippen LogP contribution < -0.4 is 5.50 Å². The van der Waals surface area contributed by atoms with Crippen LogP contribution in [0.25, 0.3) is 0 Å². The minimum atomic E-state index is -4.42. The van der Waals surface area contributed by atoms with Crippen molar-refractivity contribution in [3.05, 3.63) is 11.6 Å². The Morgan fingerprint density at radius 2 is 2.00 bits per heavy atom. The molecule has 0 spiro atoms. The topological polar surface area (TPSA) is 26.0 Å². The fourth-order valence-corrected chi connectivity index (χ4v) is 1.04. The van der Waals surface area contributed by atoms with Gasteiger partial charge in [-0.1, -0.05) is 9.24 Å². The molecule has 11 heavy (non-hydrogen) atoms. The highest BCUT2D eigenvalue weighted by Gasteiger charge is 2.36. The van der Waals surface area contributed by atoms with E-state index in [-0.39, 0.29) is 11.4 Å². The molecule has 0 amide bonds. The van der Waals surface area contributed by atoms with Gasteiger partial charge in [0.25, 0.3) is 0 Å². The van der Waals surface area contributed by atoms with Crippen LogP contribution in [-0.4, -0.2) is 4.98 Å². The molecule has 1 atom stereocenters. The summed E-state index contributed by atoms with van der Waals surface area (Å²) >= 11 is 0. The van der Waals surface area contributed by atoms with Crippen LogP contribution in [0.1, 0.15) is 11.6 Å². The highest BCUT2D eigenvalue weighted by atomic mass is 31.0. The van der Waals surface area contributed by atoms with Gasteiger partial charge < -0.3 is 4.42 Å². The fraction of sp³-hybridized carbons (Fsp3) is 0.400. The molecule has 1 aromatic heterocycles. The molecule has 0 saturated carbocycles. The average Bonchev–Trinajstić information content (AvgIpc) is 2.08. The van der Waals surface area contributed by atoms with Crippen molar-refractivity contribution in [2.75, 3.05) is 0 Å². The lowest BCUT2D eigenvalue weighted by Crippen LogP contribution is -2.12. The van der Waals surface area contributed by atoms with Gasteiger partial charge in [-0.2, -0.15) is 13.2 Å². The Bertz CT molecular complexity index is 267. The normalized spacial score (nSPS) is 12.1. The van der Waals surface area contributed by atoms with Crippen molar-refractivity contribution >= 4 is 14.7 Å². The minimum absolute atomic E-state index is 0.0160. The van der Waals surface area contributed by atoms with Crippen LogP contribution in [-0.2, 0) is 6.18 Å². The van der Waals surface area contributed by atoms with E-state index >= 15 is 0 Å². The van der Waals surface area contributed by atoms with E-state index in [1.165, 1.54) is 6.92 Å². The summed E-state index contributed by atoms with van der Waals surface area (Å²) in [5, 5.41) is 0. The maximum absolute atomic E-state index is 11.9. The van der Waals surface area contributed by atoms with E-state index in [2.05, 4.69) is 9.40 Å². The lowest BCUT2D eigenvalue weighted by molar-refractivity contribution is -0.140. The third-order valence-electron chi connectivity index (χ3n) is 1.03. The molecule has 2 nitrogen and oxygen atoms in total. The smallest absolute Gasteiger partial charge is 0.437 e. The first-order chi connectivity index (χ1) is 4.91. The maximum Gasteiger partial charge on any atom is 0.437 e. The van der Waals surface area contributed by atoms with E-state index in [9.17, 15) is 13.2 Å².